The van der Waals surface area contributed by atoms with Crippen LogP contribution in [0.25, 0.3) is 0 Å². The largest absolute Gasteiger partial charge is 0.494 e. The van der Waals surface area contributed by atoms with Crippen molar-refractivity contribution in [1.82, 2.24) is 14.8 Å². The van der Waals surface area contributed by atoms with Crippen molar-refractivity contribution >= 4 is 23.5 Å². The van der Waals surface area contributed by atoms with E-state index in [4.69, 9.17) is 14.8 Å². The maximum absolute atomic E-state index is 13.3. The summed E-state index contributed by atoms with van der Waals surface area (Å²) in [6.45, 7) is 8.96. The minimum atomic E-state index is -0.323. The van der Waals surface area contributed by atoms with E-state index in [0.29, 0.717) is 19.0 Å². The molecule has 1 aromatic heterocycles. The summed E-state index contributed by atoms with van der Waals surface area (Å²) < 4.78 is 7.78. The molecule has 0 saturated heterocycles. The molecule has 1 unspecified atom stereocenters. The number of Topliss-reactive ketones (excluding diaryl/α,β-unsaturated/α-hetero) is 1. The molecule has 0 spiro atoms. The van der Waals surface area contributed by atoms with Gasteiger partial charge in [-0.25, -0.2) is 4.68 Å². The third-order valence-electron chi connectivity index (χ3n) is 5.26. The van der Waals surface area contributed by atoms with Crippen LogP contribution in [0.15, 0.2) is 40.7 Å². The SMILES string of the molecule is CCCSc1nc2n(n1)C(c1ccccc1OCC)C1=C(CC(C)(C)CC1=O)N2. The van der Waals surface area contributed by atoms with Gasteiger partial charge < -0.3 is 10.1 Å². The van der Waals surface area contributed by atoms with Gasteiger partial charge >= 0.3 is 0 Å². The highest BCUT2D eigenvalue weighted by atomic mass is 32.2. The number of nitrogens with one attached hydrogen (secondary N) is 1. The van der Waals surface area contributed by atoms with Gasteiger partial charge in [0.2, 0.25) is 11.1 Å². The first kappa shape index (κ1) is 20.0. The summed E-state index contributed by atoms with van der Waals surface area (Å²) in [6, 6.07) is 7.61. The molecule has 154 valence electrons. The van der Waals surface area contributed by atoms with Crippen LogP contribution in [-0.2, 0) is 4.79 Å². The Labute approximate surface area is 176 Å². The minimum absolute atomic E-state index is 0.0745. The van der Waals surface area contributed by atoms with Crippen molar-refractivity contribution in [1.29, 1.82) is 0 Å². The van der Waals surface area contributed by atoms with Crippen LogP contribution in [0.1, 0.15) is 58.6 Å². The molecule has 0 bridgehead atoms. The molecule has 0 radical (unpaired) electrons. The van der Waals surface area contributed by atoms with E-state index in [1.54, 1.807) is 11.8 Å². The number of hydrogen-bond acceptors (Lipinski definition) is 6. The Morgan fingerprint density at radius 2 is 2.07 bits per heavy atom. The van der Waals surface area contributed by atoms with Crippen LogP contribution in [0.5, 0.6) is 5.75 Å². The van der Waals surface area contributed by atoms with Crippen molar-refractivity contribution in [3.8, 4) is 5.75 Å². The average Bonchev–Trinajstić information content (AvgIpc) is 3.07. The Bertz CT molecular complexity index is 963. The number of benzene rings is 1. The number of ketones is 1. The van der Waals surface area contributed by atoms with Crippen LogP contribution in [0.4, 0.5) is 5.95 Å². The molecular weight excluding hydrogens is 384 g/mol. The number of hydrogen-bond donors (Lipinski definition) is 1. The lowest BCUT2D eigenvalue weighted by molar-refractivity contribution is -0.118. The normalized spacial score (nSPS) is 20.1. The fraction of sp³-hybridized carbons (Fsp3) is 0.500. The molecule has 7 heteroatoms. The predicted octanol–water partition coefficient (Wildman–Crippen LogP) is 4.84. The number of aromatic nitrogens is 3. The van der Waals surface area contributed by atoms with Crippen LogP contribution in [0, 0.1) is 5.41 Å². The van der Waals surface area contributed by atoms with Crippen LogP contribution < -0.4 is 10.1 Å². The molecular formula is C22H28N4O2S. The molecule has 0 amide bonds. The van der Waals surface area contributed by atoms with Crippen molar-refractivity contribution in [3.63, 3.8) is 0 Å². The van der Waals surface area contributed by atoms with Gasteiger partial charge in [-0.2, -0.15) is 4.98 Å². The summed E-state index contributed by atoms with van der Waals surface area (Å²) in [7, 11) is 0. The first-order chi connectivity index (χ1) is 13.9. The molecule has 2 heterocycles. The van der Waals surface area contributed by atoms with Crippen molar-refractivity contribution in [2.75, 3.05) is 17.7 Å². The molecule has 1 aromatic carbocycles. The van der Waals surface area contributed by atoms with Crippen LogP contribution in [0.3, 0.4) is 0 Å². The van der Waals surface area contributed by atoms with E-state index in [1.165, 1.54) is 0 Å². The number of rotatable bonds is 6. The molecule has 29 heavy (non-hydrogen) atoms. The van der Waals surface area contributed by atoms with Gasteiger partial charge in [0.05, 0.1) is 6.61 Å². The molecule has 1 aliphatic carbocycles. The first-order valence-electron chi connectivity index (χ1n) is 10.3. The van der Waals surface area contributed by atoms with Gasteiger partial charge in [0.15, 0.2) is 5.78 Å². The number of carbonyl (C=O) groups excluding carboxylic acids is 1. The Morgan fingerprint density at radius 3 is 2.83 bits per heavy atom. The van der Waals surface area contributed by atoms with Gasteiger partial charge in [-0.15, -0.1) is 5.10 Å². The van der Waals surface area contributed by atoms with Crippen LogP contribution in [-0.4, -0.2) is 32.9 Å². The number of ether oxygens (including phenoxy) is 1. The van der Waals surface area contributed by atoms with Gasteiger partial charge in [-0.05, 0) is 31.2 Å². The van der Waals surface area contributed by atoms with Crippen molar-refractivity contribution in [2.45, 2.75) is 58.2 Å². The maximum atomic E-state index is 13.3. The third-order valence-corrected chi connectivity index (χ3v) is 6.30. The fourth-order valence-electron chi connectivity index (χ4n) is 4.12. The van der Waals surface area contributed by atoms with E-state index < -0.39 is 0 Å². The lowest BCUT2D eigenvalue weighted by Gasteiger charge is -2.38. The highest BCUT2D eigenvalue weighted by Gasteiger charge is 2.42. The number of allylic oxidation sites excluding steroid dienone is 2. The molecule has 2 aliphatic rings. The second-order valence-corrected chi connectivity index (χ2v) is 9.40. The van der Waals surface area contributed by atoms with Crippen molar-refractivity contribution in [3.05, 3.63) is 41.1 Å². The molecule has 4 rings (SSSR count). The molecule has 1 atom stereocenters. The monoisotopic (exact) mass is 412 g/mol. The second kappa shape index (κ2) is 7.86. The van der Waals surface area contributed by atoms with Gasteiger partial charge in [0.25, 0.3) is 0 Å². The summed E-state index contributed by atoms with van der Waals surface area (Å²) in [5.74, 6) is 2.62. The van der Waals surface area contributed by atoms with Crippen LogP contribution in [0.2, 0.25) is 0 Å². The topological polar surface area (TPSA) is 69.0 Å². The standard InChI is InChI=1S/C22H28N4O2S/c1-5-11-29-21-24-20-23-15-12-22(3,4)13-16(27)18(15)19(26(20)25-21)14-9-7-8-10-17(14)28-6-2/h7-10,19H,5-6,11-13H2,1-4H3,(H,23,24,25). The second-order valence-electron chi connectivity index (χ2n) is 8.34. The Kier molecular flexibility index (Phi) is 5.42. The molecule has 1 N–H and O–H groups in total. The molecule has 1 aliphatic heterocycles. The number of carbonyl (C=O) groups is 1. The molecule has 0 saturated carbocycles. The smallest absolute Gasteiger partial charge is 0.227 e. The van der Waals surface area contributed by atoms with Gasteiger partial charge in [-0.1, -0.05) is 50.7 Å². The maximum Gasteiger partial charge on any atom is 0.227 e. The average molecular weight is 413 g/mol. The van der Waals surface area contributed by atoms with E-state index in [2.05, 4.69) is 26.1 Å². The molecule has 2 aromatic rings. The highest BCUT2D eigenvalue weighted by molar-refractivity contribution is 7.99. The highest BCUT2D eigenvalue weighted by Crippen LogP contribution is 2.47. The lowest BCUT2D eigenvalue weighted by Crippen LogP contribution is -2.36. The Hall–Kier alpha value is -2.28. The third kappa shape index (κ3) is 3.80. The summed E-state index contributed by atoms with van der Waals surface area (Å²) in [4.78, 5) is 18.0. The number of nitrogens with zero attached hydrogens (tertiary/aromatic N) is 3. The molecule has 0 fully saturated rings. The van der Waals surface area contributed by atoms with Gasteiger partial charge in [0.1, 0.15) is 11.8 Å². The Balaban J connectivity index is 1.87. The fourth-order valence-corrected chi connectivity index (χ4v) is 4.81. The Morgan fingerprint density at radius 1 is 1.28 bits per heavy atom. The number of anilines is 1. The zero-order chi connectivity index (χ0) is 20.6. The quantitative estimate of drug-likeness (QED) is 0.685. The summed E-state index contributed by atoms with van der Waals surface area (Å²) in [5.41, 5.74) is 2.64. The predicted molar refractivity (Wildman–Crippen MR) is 115 cm³/mol. The first-order valence-corrected chi connectivity index (χ1v) is 11.3. The van der Waals surface area contributed by atoms with Gasteiger partial charge in [-0.3, -0.25) is 4.79 Å². The summed E-state index contributed by atoms with van der Waals surface area (Å²) in [5, 5.41) is 8.94. The zero-order valence-corrected chi connectivity index (χ0v) is 18.3. The number of fused-ring (bicyclic) bond motifs is 1. The van der Waals surface area contributed by atoms with Crippen molar-refractivity contribution < 1.29 is 9.53 Å². The molecule has 6 nitrogen and oxygen atoms in total. The van der Waals surface area contributed by atoms with E-state index in [9.17, 15) is 4.79 Å². The minimum Gasteiger partial charge on any atom is -0.494 e. The zero-order valence-electron chi connectivity index (χ0n) is 17.5. The summed E-state index contributed by atoms with van der Waals surface area (Å²) in [6.07, 6.45) is 2.40. The number of thioether (sulfide) groups is 1. The lowest BCUT2D eigenvalue weighted by atomic mass is 9.73. The summed E-state index contributed by atoms with van der Waals surface area (Å²) >= 11 is 1.64. The van der Waals surface area contributed by atoms with E-state index in [-0.39, 0.29) is 17.2 Å². The van der Waals surface area contributed by atoms with Crippen LogP contribution >= 0.6 is 11.8 Å². The van der Waals surface area contributed by atoms with E-state index in [0.717, 1.165) is 46.3 Å². The van der Waals surface area contributed by atoms with Crippen molar-refractivity contribution in [2.24, 2.45) is 5.41 Å². The van der Waals surface area contributed by atoms with Gasteiger partial charge in [0, 0.05) is 29.0 Å². The van der Waals surface area contributed by atoms with E-state index in [1.807, 2.05) is 35.9 Å². The number of para-hydroxylation sites is 1. The van der Waals surface area contributed by atoms with E-state index >= 15 is 0 Å².